The van der Waals surface area contributed by atoms with Gasteiger partial charge in [0.15, 0.2) is 0 Å². The summed E-state index contributed by atoms with van der Waals surface area (Å²) in [5.74, 6) is 0. The molecule has 2 aromatic rings. The van der Waals surface area contributed by atoms with Crippen molar-refractivity contribution in [1.29, 1.82) is 0 Å². The van der Waals surface area contributed by atoms with Crippen molar-refractivity contribution in [1.82, 2.24) is 29.9 Å². The zero-order valence-corrected chi connectivity index (χ0v) is 14.4. The number of hydroxylamine groups is 2. The highest BCUT2D eigenvalue weighted by Gasteiger charge is 2.47. The van der Waals surface area contributed by atoms with Crippen molar-refractivity contribution in [2.75, 3.05) is 6.54 Å². The molecule has 11 nitrogen and oxygen atoms in total. The summed E-state index contributed by atoms with van der Waals surface area (Å²) in [6, 6.07) is 2.53. The number of hydrogen-bond acceptors (Lipinski definition) is 7. The number of hydrogen-bond donors (Lipinski definition) is 1. The molecule has 0 spiro atoms. The maximum absolute atomic E-state index is 12.4. The second-order valence-electron chi connectivity index (χ2n) is 6.22. The molecular weight excluding hydrogens is 364 g/mol. The largest absolute Gasteiger partial charge is 0.418 e. The van der Waals surface area contributed by atoms with E-state index >= 15 is 0 Å². The van der Waals surface area contributed by atoms with Crippen LogP contribution in [0.25, 0.3) is 11.3 Å². The first-order chi connectivity index (χ1) is 12.4. The highest BCUT2D eigenvalue weighted by atomic mass is 32.3. The molecular formula is C14H16N6O5S. The van der Waals surface area contributed by atoms with Crippen molar-refractivity contribution in [3.8, 4) is 11.3 Å². The SMILES string of the molecule is O=C1N2CC(CCC2Cn2cc(-c3cccnc3)nn2)N1OS(=O)(=O)O. The average molecular weight is 380 g/mol. The van der Waals surface area contributed by atoms with Crippen molar-refractivity contribution in [3.63, 3.8) is 0 Å². The molecule has 4 heterocycles. The monoisotopic (exact) mass is 380 g/mol. The number of rotatable bonds is 5. The summed E-state index contributed by atoms with van der Waals surface area (Å²) in [7, 11) is -4.74. The van der Waals surface area contributed by atoms with Gasteiger partial charge in [-0.25, -0.2) is 9.48 Å². The van der Waals surface area contributed by atoms with Crippen LogP contribution in [-0.4, -0.2) is 67.6 Å². The average Bonchev–Trinajstić information content (AvgIpc) is 3.16. The minimum absolute atomic E-state index is 0.169. The zero-order valence-electron chi connectivity index (χ0n) is 13.5. The van der Waals surface area contributed by atoms with Crippen LogP contribution >= 0.6 is 0 Å². The van der Waals surface area contributed by atoms with Gasteiger partial charge in [-0.15, -0.1) is 9.38 Å². The fourth-order valence-corrected chi connectivity index (χ4v) is 3.74. The van der Waals surface area contributed by atoms with Gasteiger partial charge in [-0.2, -0.15) is 13.5 Å². The number of fused-ring (bicyclic) bond motifs is 2. The van der Waals surface area contributed by atoms with Gasteiger partial charge < -0.3 is 4.90 Å². The Morgan fingerprint density at radius 2 is 2.19 bits per heavy atom. The van der Waals surface area contributed by atoms with Gasteiger partial charge in [0, 0.05) is 24.5 Å². The Kier molecular flexibility index (Phi) is 4.09. The molecule has 26 heavy (non-hydrogen) atoms. The summed E-state index contributed by atoms with van der Waals surface area (Å²) >= 11 is 0. The van der Waals surface area contributed by atoms with Crippen LogP contribution < -0.4 is 0 Å². The quantitative estimate of drug-likeness (QED) is 0.735. The summed E-state index contributed by atoms with van der Waals surface area (Å²) in [6.45, 7) is 0.759. The predicted molar refractivity (Wildman–Crippen MR) is 86.6 cm³/mol. The molecule has 2 fully saturated rings. The van der Waals surface area contributed by atoms with Gasteiger partial charge in [0.2, 0.25) is 0 Å². The molecule has 0 saturated carbocycles. The molecule has 2 bridgehead atoms. The Morgan fingerprint density at radius 1 is 1.35 bits per heavy atom. The Hall–Kier alpha value is -2.57. The fraction of sp³-hybridized carbons (Fsp3) is 0.429. The molecule has 2 unspecified atom stereocenters. The standard InChI is InChI=1S/C14H16N6O5S/c21-14-19-8-12(20(14)25-26(22,23)24)4-3-11(19)7-18-9-13(16-17-18)10-2-1-5-15-6-10/h1-2,5-6,9,11-12H,3-4,7-8H2,(H,22,23,24). The molecule has 2 atom stereocenters. The minimum Gasteiger partial charge on any atom is -0.316 e. The minimum atomic E-state index is -4.74. The smallest absolute Gasteiger partial charge is 0.316 e. The Balaban J connectivity index is 1.47. The van der Waals surface area contributed by atoms with Crippen LogP contribution in [-0.2, 0) is 21.2 Å². The van der Waals surface area contributed by atoms with Gasteiger partial charge in [-0.3, -0.25) is 9.54 Å². The number of nitrogens with zero attached hydrogens (tertiary/aromatic N) is 6. The number of carbonyl (C=O) groups excluding carboxylic acids is 1. The summed E-state index contributed by atoms with van der Waals surface area (Å²) in [5.41, 5.74) is 1.52. The molecule has 1 N–H and O–H groups in total. The molecule has 2 aliphatic heterocycles. The third kappa shape index (κ3) is 3.25. The van der Waals surface area contributed by atoms with Crippen LogP contribution in [0.2, 0.25) is 0 Å². The lowest BCUT2D eigenvalue weighted by Gasteiger charge is -2.29. The topological polar surface area (TPSA) is 131 Å². The number of aromatic nitrogens is 4. The number of pyridine rings is 1. The van der Waals surface area contributed by atoms with Crippen LogP contribution in [0.15, 0.2) is 30.7 Å². The third-order valence-corrected chi connectivity index (χ3v) is 4.86. The number of carbonyl (C=O) groups is 1. The van der Waals surface area contributed by atoms with Gasteiger partial charge in [0.25, 0.3) is 0 Å². The molecule has 2 amide bonds. The van der Waals surface area contributed by atoms with Crippen LogP contribution in [0.4, 0.5) is 4.79 Å². The van der Waals surface area contributed by atoms with E-state index in [9.17, 15) is 13.2 Å². The van der Waals surface area contributed by atoms with E-state index in [0.717, 1.165) is 10.6 Å². The number of amides is 2. The zero-order chi connectivity index (χ0) is 18.3. The van der Waals surface area contributed by atoms with E-state index in [1.807, 2.05) is 12.1 Å². The molecule has 138 valence electrons. The van der Waals surface area contributed by atoms with E-state index in [2.05, 4.69) is 19.6 Å². The Bertz CT molecular complexity index is 917. The van der Waals surface area contributed by atoms with Gasteiger partial charge in [0.1, 0.15) is 5.69 Å². The summed E-state index contributed by atoms with van der Waals surface area (Å²) < 4.78 is 36.7. The molecule has 2 aromatic heterocycles. The van der Waals surface area contributed by atoms with Gasteiger partial charge >= 0.3 is 16.4 Å². The van der Waals surface area contributed by atoms with E-state index < -0.39 is 22.5 Å². The second-order valence-corrected chi connectivity index (χ2v) is 7.22. The van der Waals surface area contributed by atoms with Crippen molar-refractivity contribution < 1.29 is 22.0 Å². The number of urea groups is 1. The Morgan fingerprint density at radius 3 is 2.92 bits per heavy atom. The maximum atomic E-state index is 12.4. The first-order valence-electron chi connectivity index (χ1n) is 7.98. The van der Waals surface area contributed by atoms with E-state index in [1.165, 1.54) is 4.90 Å². The predicted octanol–water partition coefficient (Wildman–Crippen LogP) is 0.343. The van der Waals surface area contributed by atoms with Gasteiger partial charge in [-0.05, 0) is 25.0 Å². The van der Waals surface area contributed by atoms with Gasteiger partial charge in [0.05, 0.1) is 24.8 Å². The third-order valence-electron chi connectivity index (χ3n) is 4.52. The highest BCUT2D eigenvalue weighted by Crippen LogP contribution is 2.31. The van der Waals surface area contributed by atoms with E-state index in [1.54, 1.807) is 23.3 Å². The highest BCUT2D eigenvalue weighted by molar-refractivity contribution is 7.80. The maximum Gasteiger partial charge on any atom is 0.418 e. The lowest BCUT2D eigenvalue weighted by molar-refractivity contribution is -0.0317. The first-order valence-corrected chi connectivity index (χ1v) is 9.34. The van der Waals surface area contributed by atoms with Crippen molar-refractivity contribution in [3.05, 3.63) is 30.7 Å². The summed E-state index contributed by atoms with van der Waals surface area (Å²) in [6.07, 6.45) is 6.35. The molecule has 12 heteroatoms. The van der Waals surface area contributed by atoms with E-state index in [4.69, 9.17) is 4.55 Å². The van der Waals surface area contributed by atoms with Gasteiger partial charge in [-0.1, -0.05) is 5.21 Å². The molecule has 2 aliphatic rings. The summed E-state index contributed by atoms with van der Waals surface area (Å²) in [5, 5.41) is 8.94. The van der Waals surface area contributed by atoms with Crippen molar-refractivity contribution in [2.45, 2.75) is 31.5 Å². The van der Waals surface area contributed by atoms with Crippen LogP contribution in [0.3, 0.4) is 0 Å². The van der Waals surface area contributed by atoms with E-state index in [0.29, 0.717) is 31.6 Å². The lowest BCUT2D eigenvalue weighted by atomic mass is 10.0. The lowest BCUT2D eigenvalue weighted by Crippen LogP contribution is -2.42. The van der Waals surface area contributed by atoms with Crippen molar-refractivity contribution in [2.24, 2.45) is 0 Å². The first kappa shape index (κ1) is 16.9. The molecule has 4 rings (SSSR count). The number of piperidine rings is 1. The fourth-order valence-electron chi connectivity index (χ4n) is 3.35. The molecule has 2 saturated heterocycles. The van der Waals surface area contributed by atoms with E-state index in [-0.39, 0.29) is 6.04 Å². The molecule has 0 aromatic carbocycles. The van der Waals surface area contributed by atoms with Crippen LogP contribution in [0.1, 0.15) is 12.8 Å². The molecule has 0 radical (unpaired) electrons. The van der Waals surface area contributed by atoms with Crippen molar-refractivity contribution >= 4 is 16.4 Å². The Labute approximate surface area is 149 Å². The summed E-state index contributed by atoms with van der Waals surface area (Å²) in [4.78, 5) is 18.0. The normalized spacial score (nSPS) is 22.9. The van der Waals surface area contributed by atoms with Crippen LogP contribution in [0.5, 0.6) is 0 Å². The second kappa shape index (κ2) is 6.30. The molecule has 0 aliphatic carbocycles. The van der Waals surface area contributed by atoms with Crippen LogP contribution in [0, 0.1) is 0 Å².